The van der Waals surface area contributed by atoms with Crippen molar-refractivity contribution >= 4 is 11.9 Å². The first-order valence-electron chi connectivity index (χ1n) is 10.0. The molecule has 0 fully saturated rings. The number of aromatic nitrogens is 2. The Hall–Kier alpha value is -3.68. The molecule has 0 spiro atoms. The molecule has 0 bridgehead atoms. The van der Waals surface area contributed by atoms with Crippen LogP contribution in [0.5, 0.6) is 5.75 Å². The first-order valence-corrected chi connectivity index (χ1v) is 10.0. The Balaban J connectivity index is 1.35. The molecule has 8 heteroatoms. The van der Waals surface area contributed by atoms with Gasteiger partial charge in [0.05, 0.1) is 19.8 Å². The number of hydrogen-bond acceptors (Lipinski definition) is 7. The van der Waals surface area contributed by atoms with Crippen molar-refractivity contribution < 1.29 is 23.6 Å². The number of nitrogens with one attached hydrogen (secondary N) is 1. The van der Waals surface area contributed by atoms with E-state index < -0.39 is 5.97 Å². The third-order valence-corrected chi connectivity index (χ3v) is 4.74. The van der Waals surface area contributed by atoms with Crippen LogP contribution in [-0.2, 0) is 11.2 Å². The smallest absolute Gasteiger partial charge is 0.337 e. The van der Waals surface area contributed by atoms with Gasteiger partial charge in [-0.2, -0.15) is 4.98 Å². The van der Waals surface area contributed by atoms with E-state index in [1.807, 2.05) is 24.3 Å². The van der Waals surface area contributed by atoms with Crippen molar-refractivity contribution in [2.24, 2.45) is 0 Å². The summed E-state index contributed by atoms with van der Waals surface area (Å²) in [6, 6.07) is 13.9. The molecule has 1 N–H and O–H groups in total. The number of nitrogens with zero attached hydrogens (tertiary/aromatic N) is 2. The highest BCUT2D eigenvalue weighted by molar-refractivity contribution is 5.96. The van der Waals surface area contributed by atoms with Crippen LogP contribution < -0.4 is 10.1 Å². The molecular formula is C23H25N3O5. The number of carbonyl (C=O) groups excluding carboxylic acids is 2. The van der Waals surface area contributed by atoms with Crippen molar-refractivity contribution in [3.63, 3.8) is 0 Å². The minimum Gasteiger partial charge on any atom is -0.497 e. The molecule has 31 heavy (non-hydrogen) atoms. The van der Waals surface area contributed by atoms with E-state index in [4.69, 9.17) is 9.26 Å². The second-order valence-corrected chi connectivity index (χ2v) is 6.88. The fourth-order valence-electron chi connectivity index (χ4n) is 2.97. The molecule has 1 heterocycles. The normalized spacial score (nSPS) is 10.5. The van der Waals surface area contributed by atoms with Crippen LogP contribution >= 0.6 is 0 Å². The molecule has 8 nitrogen and oxygen atoms in total. The first kappa shape index (κ1) is 22.0. The maximum absolute atomic E-state index is 12.2. The van der Waals surface area contributed by atoms with Crippen LogP contribution in [0, 0.1) is 0 Å². The van der Waals surface area contributed by atoms with E-state index in [0.29, 0.717) is 35.8 Å². The number of rotatable bonds is 10. The van der Waals surface area contributed by atoms with Crippen molar-refractivity contribution in [3.05, 3.63) is 65.5 Å². The zero-order chi connectivity index (χ0) is 22.1. The number of amides is 1. The lowest BCUT2D eigenvalue weighted by molar-refractivity contribution is 0.0600. The van der Waals surface area contributed by atoms with Gasteiger partial charge in [0.1, 0.15) is 5.75 Å². The molecule has 0 aliphatic carbocycles. The van der Waals surface area contributed by atoms with Gasteiger partial charge in [0.2, 0.25) is 11.7 Å². The summed E-state index contributed by atoms with van der Waals surface area (Å²) in [6.07, 6.45) is 3.33. The fourth-order valence-corrected chi connectivity index (χ4v) is 2.97. The molecule has 3 aromatic rings. The van der Waals surface area contributed by atoms with Crippen LogP contribution in [0.2, 0.25) is 0 Å². The first-order chi connectivity index (χ1) is 15.1. The number of aryl methyl sites for hydroxylation is 1. The lowest BCUT2D eigenvalue weighted by Gasteiger charge is -2.05. The SMILES string of the molecule is COC(=O)c1ccc(C(=O)NCCCCCc2nc(-c3ccc(OC)cc3)no2)cc1. The van der Waals surface area contributed by atoms with Crippen molar-refractivity contribution in [1.29, 1.82) is 0 Å². The highest BCUT2D eigenvalue weighted by Gasteiger charge is 2.10. The molecule has 0 aliphatic rings. The van der Waals surface area contributed by atoms with E-state index >= 15 is 0 Å². The summed E-state index contributed by atoms with van der Waals surface area (Å²) in [6.45, 7) is 0.568. The quantitative estimate of drug-likeness (QED) is 0.392. The maximum Gasteiger partial charge on any atom is 0.337 e. The Kier molecular flexibility index (Phi) is 7.75. The number of benzene rings is 2. The Morgan fingerprint density at radius 2 is 1.65 bits per heavy atom. The van der Waals surface area contributed by atoms with E-state index in [1.165, 1.54) is 7.11 Å². The largest absolute Gasteiger partial charge is 0.497 e. The highest BCUT2D eigenvalue weighted by Crippen LogP contribution is 2.20. The summed E-state index contributed by atoms with van der Waals surface area (Å²) < 4.78 is 15.1. The van der Waals surface area contributed by atoms with Gasteiger partial charge in [0.15, 0.2) is 0 Å². The second kappa shape index (κ2) is 10.9. The minimum atomic E-state index is -0.427. The lowest BCUT2D eigenvalue weighted by atomic mass is 10.1. The zero-order valence-corrected chi connectivity index (χ0v) is 17.6. The Bertz CT molecular complexity index is 997. The van der Waals surface area contributed by atoms with E-state index in [-0.39, 0.29) is 5.91 Å². The monoisotopic (exact) mass is 423 g/mol. The molecule has 1 aromatic heterocycles. The van der Waals surface area contributed by atoms with E-state index in [1.54, 1.807) is 31.4 Å². The summed E-state index contributed by atoms with van der Waals surface area (Å²) in [5.74, 6) is 1.34. The average molecular weight is 423 g/mol. The molecule has 162 valence electrons. The molecule has 0 radical (unpaired) electrons. The molecule has 0 unspecified atom stereocenters. The molecule has 0 saturated heterocycles. The zero-order valence-electron chi connectivity index (χ0n) is 17.6. The van der Waals surface area contributed by atoms with Crippen molar-refractivity contribution in [2.45, 2.75) is 25.7 Å². The number of hydrogen-bond donors (Lipinski definition) is 1. The summed E-state index contributed by atoms with van der Waals surface area (Å²) in [7, 11) is 2.94. The summed E-state index contributed by atoms with van der Waals surface area (Å²) >= 11 is 0. The summed E-state index contributed by atoms with van der Waals surface area (Å²) in [5.41, 5.74) is 1.79. The van der Waals surface area contributed by atoms with E-state index in [2.05, 4.69) is 20.2 Å². The summed E-state index contributed by atoms with van der Waals surface area (Å²) in [5, 5.41) is 6.90. The molecule has 2 aromatic carbocycles. The second-order valence-electron chi connectivity index (χ2n) is 6.88. The highest BCUT2D eigenvalue weighted by atomic mass is 16.5. The molecule has 1 amide bonds. The van der Waals surface area contributed by atoms with Gasteiger partial charge in [-0.15, -0.1) is 0 Å². The van der Waals surface area contributed by atoms with Gasteiger partial charge in [-0.25, -0.2) is 4.79 Å². The van der Waals surface area contributed by atoms with Crippen LogP contribution in [0.1, 0.15) is 45.9 Å². The predicted molar refractivity (Wildman–Crippen MR) is 114 cm³/mol. The lowest BCUT2D eigenvalue weighted by Crippen LogP contribution is -2.24. The molecule has 0 saturated carbocycles. The number of carbonyl (C=O) groups is 2. The van der Waals surface area contributed by atoms with Gasteiger partial charge >= 0.3 is 5.97 Å². The Morgan fingerprint density at radius 1 is 0.935 bits per heavy atom. The number of ether oxygens (including phenoxy) is 2. The Labute approximate surface area is 180 Å². The van der Waals surface area contributed by atoms with Crippen molar-refractivity contribution in [3.8, 4) is 17.1 Å². The van der Waals surface area contributed by atoms with Gasteiger partial charge in [-0.1, -0.05) is 11.6 Å². The van der Waals surface area contributed by atoms with Crippen molar-refractivity contribution in [1.82, 2.24) is 15.5 Å². The number of unbranched alkanes of at least 4 members (excludes halogenated alkanes) is 2. The standard InChI is InChI=1S/C23H25N3O5/c1-29-19-13-11-16(12-14-19)21-25-20(31-26-21)6-4-3-5-15-24-22(27)17-7-9-18(10-8-17)23(28)30-2/h7-14H,3-6,15H2,1-2H3,(H,24,27). The fraction of sp³-hybridized carbons (Fsp3) is 0.304. The molecular weight excluding hydrogens is 398 g/mol. The van der Waals surface area contributed by atoms with Crippen LogP contribution in [0.25, 0.3) is 11.4 Å². The summed E-state index contributed by atoms with van der Waals surface area (Å²) in [4.78, 5) is 28.0. The number of methoxy groups -OCH3 is 2. The van der Waals surface area contributed by atoms with Gasteiger partial charge < -0.3 is 19.3 Å². The van der Waals surface area contributed by atoms with Crippen molar-refractivity contribution in [2.75, 3.05) is 20.8 Å². The third kappa shape index (κ3) is 6.15. The molecule has 3 rings (SSSR count). The van der Waals surface area contributed by atoms with E-state index in [9.17, 15) is 9.59 Å². The molecule has 0 atom stereocenters. The van der Waals surface area contributed by atoms with E-state index in [0.717, 1.165) is 30.6 Å². The van der Waals surface area contributed by atoms with Gasteiger partial charge in [0, 0.05) is 24.1 Å². The maximum atomic E-state index is 12.2. The molecule has 0 aliphatic heterocycles. The van der Waals surface area contributed by atoms with Gasteiger partial charge in [0.25, 0.3) is 5.91 Å². The predicted octanol–water partition coefficient (Wildman–Crippen LogP) is 3.67. The minimum absolute atomic E-state index is 0.169. The third-order valence-electron chi connectivity index (χ3n) is 4.74. The number of esters is 1. The van der Waals surface area contributed by atoms with Crippen LogP contribution in [0.4, 0.5) is 0 Å². The van der Waals surface area contributed by atoms with Crippen LogP contribution in [0.3, 0.4) is 0 Å². The van der Waals surface area contributed by atoms with Crippen LogP contribution in [-0.4, -0.2) is 42.8 Å². The van der Waals surface area contributed by atoms with Crippen LogP contribution in [0.15, 0.2) is 53.1 Å². The Morgan fingerprint density at radius 3 is 2.32 bits per heavy atom. The van der Waals surface area contributed by atoms with Gasteiger partial charge in [-0.05, 0) is 61.4 Å². The van der Waals surface area contributed by atoms with Gasteiger partial charge in [-0.3, -0.25) is 4.79 Å². The topological polar surface area (TPSA) is 104 Å². The average Bonchev–Trinajstić information content (AvgIpc) is 3.29.